The maximum atomic E-state index is 14.9. The Bertz CT molecular complexity index is 1280. The zero-order valence-electron chi connectivity index (χ0n) is 20.9. The summed E-state index contributed by atoms with van der Waals surface area (Å²) in [6.45, 7) is 4.26. The number of ether oxygens (including phenoxy) is 1. The van der Waals surface area contributed by atoms with Crippen LogP contribution in [0.1, 0.15) is 85.0 Å². The molecule has 0 aromatic heterocycles. The van der Waals surface area contributed by atoms with Crippen LogP contribution in [0.4, 0.5) is 4.39 Å². The summed E-state index contributed by atoms with van der Waals surface area (Å²) in [6, 6.07) is 19.6. The fraction of sp³-hybridized carbons (Fsp3) is 0.323. The standard InChI is InChI=1S/C31H31FN2O2/c1-3-5-7-9-22-11-13-23(14-12-22)25-15-17-26(29(32)19-25)31(35)36-30-18-16-24(10-8-6-4-2)27(20-33)28(30)21-34/h11-19H,3-10H2,1-2H3. The minimum absolute atomic E-state index is 0.00379. The van der Waals surface area contributed by atoms with Crippen molar-refractivity contribution in [2.24, 2.45) is 0 Å². The number of carbonyl (C=O) groups excluding carboxylic acids is 1. The van der Waals surface area contributed by atoms with Crippen LogP contribution in [0.25, 0.3) is 11.1 Å². The van der Waals surface area contributed by atoms with Crippen molar-refractivity contribution in [3.63, 3.8) is 0 Å². The number of halogens is 1. The molecule has 36 heavy (non-hydrogen) atoms. The second kappa shape index (κ2) is 13.2. The van der Waals surface area contributed by atoms with E-state index in [9.17, 15) is 19.7 Å². The van der Waals surface area contributed by atoms with E-state index in [0.717, 1.165) is 43.2 Å². The highest BCUT2D eigenvalue weighted by atomic mass is 19.1. The summed E-state index contributed by atoms with van der Waals surface area (Å²) in [5, 5.41) is 19.3. The molecule has 3 aromatic rings. The highest BCUT2D eigenvalue weighted by Gasteiger charge is 2.20. The molecule has 0 radical (unpaired) electrons. The Labute approximate surface area is 213 Å². The van der Waals surface area contributed by atoms with Crippen LogP contribution in [0.2, 0.25) is 0 Å². The first kappa shape index (κ1) is 26.6. The number of benzene rings is 3. The van der Waals surface area contributed by atoms with Gasteiger partial charge in [0, 0.05) is 0 Å². The van der Waals surface area contributed by atoms with E-state index in [1.54, 1.807) is 12.1 Å². The first-order valence-electron chi connectivity index (χ1n) is 12.6. The summed E-state index contributed by atoms with van der Waals surface area (Å²) < 4.78 is 20.3. The van der Waals surface area contributed by atoms with Crippen molar-refractivity contribution in [3.8, 4) is 29.0 Å². The van der Waals surface area contributed by atoms with Crippen LogP contribution in [0, 0.1) is 28.5 Å². The summed E-state index contributed by atoms with van der Waals surface area (Å²) in [5.74, 6) is -1.66. The van der Waals surface area contributed by atoms with Crippen LogP contribution in [0.3, 0.4) is 0 Å². The number of nitriles is 2. The Morgan fingerprint density at radius 3 is 2.06 bits per heavy atom. The van der Waals surface area contributed by atoms with Gasteiger partial charge in [0.1, 0.15) is 29.3 Å². The lowest BCUT2D eigenvalue weighted by Gasteiger charge is -2.11. The number of aryl methyl sites for hydroxylation is 2. The lowest BCUT2D eigenvalue weighted by Crippen LogP contribution is -2.12. The van der Waals surface area contributed by atoms with Gasteiger partial charge in [0.25, 0.3) is 0 Å². The molecule has 0 aliphatic rings. The van der Waals surface area contributed by atoms with E-state index in [2.05, 4.69) is 19.9 Å². The van der Waals surface area contributed by atoms with Gasteiger partial charge in [0.05, 0.1) is 11.1 Å². The van der Waals surface area contributed by atoms with E-state index in [1.165, 1.54) is 36.6 Å². The molecule has 184 valence electrons. The van der Waals surface area contributed by atoms with Gasteiger partial charge in [-0.1, -0.05) is 75.9 Å². The summed E-state index contributed by atoms with van der Waals surface area (Å²) in [7, 11) is 0. The quantitative estimate of drug-likeness (QED) is 0.158. The smallest absolute Gasteiger partial charge is 0.346 e. The lowest BCUT2D eigenvalue weighted by atomic mass is 9.97. The average molecular weight is 483 g/mol. The van der Waals surface area contributed by atoms with Gasteiger partial charge in [-0.25, -0.2) is 9.18 Å². The molecule has 3 aromatic carbocycles. The summed E-state index contributed by atoms with van der Waals surface area (Å²) in [5.41, 5.74) is 3.47. The van der Waals surface area contributed by atoms with E-state index in [0.29, 0.717) is 12.0 Å². The van der Waals surface area contributed by atoms with Crippen LogP contribution >= 0.6 is 0 Å². The number of esters is 1. The van der Waals surface area contributed by atoms with Crippen LogP contribution in [-0.4, -0.2) is 5.97 Å². The zero-order valence-corrected chi connectivity index (χ0v) is 20.9. The van der Waals surface area contributed by atoms with Crippen molar-refractivity contribution in [2.75, 3.05) is 0 Å². The van der Waals surface area contributed by atoms with Crippen LogP contribution in [0.15, 0.2) is 54.6 Å². The molecule has 0 bridgehead atoms. The van der Waals surface area contributed by atoms with Crippen molar-refractivity contribution < 1.29 is 13.9 Å². The minimum Gasteiger partial charge on any atom is -0.421 e. The molecule has 0 fully saturated rings. The molecule has 0 atom stereocenters. The molecule has 0 saturated heterocycles. The topological polar surface area (TPSA) is 73.9 Å². The predicted octanol–water partition coefficient (Wildman–Crippen LogP) is 7.92. The molecule has 5 heteroatoms. The first-order valence-corrected chi connectivity index (χ1v) is 12.6. The summed E-state index contributed by atoms with van der Waals surface area (Å²) >= 11 is 0. The normalized spacial score (nSPS) is 10.5. The Morgan fingerprint density at radius 2 is 1.44 bits per heavy atom. The lowest BCUT2D eigenvalue weighted by molar-refractivity contribution is 0.0729. The first-order chi connectivity index (χ1) is 17.5. The number of unbranched alkanes of at least 4 members (excludes halogenated alkanes) is 4. The number of hydrogen-bond donors (Lipinski definition) is 0. The van der Waals surface area contributed by atoms with E-state index >= 15 is 0 Å². The van der Waals surface area contributed by atoms with Crippen molar-refractivity contribution in [2.45, 2.75) is 65.2 Å². The van der Waals surface area contributed by atoms with Gasteiger partial charge in [0.15, 0.2) is 0 Å². The molecule has 0 saturated carbocycles. The number of rotatable bonds is 11. The van der Waals surface area contributed by atoms with E-state index < -0.39 is 11.8 Å². The third-order valence-electron chi connectivity index (χ3n) is 6.27. The maximum Gasteiger partial charge on any atom is 0.346 e. The van der Waals surface area contributed by atoms with E-state index in [4.69, 9.17) is 4.74 Å². The zero-order chi connectivity index (χ0) is 25.9. The molecule has 0 aliphatic carbocycles. The predicted molar refractivity (Wildman–Crippen MR) is 139 cm³/mol. The van der Waals surface area contributed by atoms with Crippen LogP contribution in [-0.2, 0) is 12.8 Å². The number of nitrogens with zero attached hydrogens (tertiary/aromatic N) is 2. The van der Waals surface area contributed by atoms with E-state index in [1.807, 2.05) is 30.3 Å². The van der Waals surface area contributed by atoms with Gasteiger partial charge in [-0.15, -0.1) is 0 Å². The fourth-order valence-corrected chi connectivity index (χ4v) is 4.18. The molecule has 0 N–H and O–H groups in total. The SMILES string of the molecule is CCCCCc1ccc(-c2ccc(C(=O)Oc3ccc(CCCCC)c(C#N)c3C#N)c(F)c2)cc1. The molecule has 0 spiro atoms. The molecular weight excluding hydrogens is 451 g/mol. The Morgan fingerprint density at radius 1 is 0.806 bits per heavy atom. The second-order valence-corrected chi connectivity index (χ2v) is 8.89. The van der Waals surface area contributed by atoms with E-state index in [-0.39, 0.29) is 22.4 Å². The summed E-state index contributed by atoms with van der Waals surface area (Å²) in [6.07, 6.45) is 8.15. The molecule has 0 aliphatic heterocycles. The third kappa shape index (κ3) is 6.58. The van der Waals surface area contributed by atoms with Gasteiger partial charge in [0.2, 0.25) is 0 Å². The third-order valence-corrected chi connectivity index (χ3v) is 6.27. The summed E-state index contributed by atoms with van der Waals surface area (Å²) in [4.78, 5) is 12.8. The molecule has 3 rings (SSSR count). The largest absolute Gasteiger partial charge is 0.421 e. The number of carbonyl (C=O) groups is 1. The van der Waals surface area contributed by atoms with Crippen molar-refractivity contribution in [1.29, 1.82) is 10.5 Å². The van der Waals surface area contributed by atoms with Gasteiger partial charge in [-0.3, -0.25) is 0 Å². The van der Waals surface area contributed by atoms with Crippen molar-refractivity contribution in [1.82, 2.24) is 0 Å². The van der Waals surface area contributed by atoms with Crippen LogP contribution in [0.5, 0.6) is 5.75 Å². The molecule has 0 amide bonds. The van der Waals surface area contributed by atoms with Gasteiger partial charge < -0.3 is 4.74 Å². The van der Waals surface area contributed by atoms with Crippen LogP contribution < -0.4 is 4.74 Å². The molecule has 0 heterocycles. The average Bonchev–Trinajstić information content (AvgIpc) is 2.89. The highest BCUT2D eigenvalue weighted by molar-refractivity contribution is 5.92. The molecular formula is C31H31FN2O2. The monoisotopic (exact) mass is 482 g/mol. The van der Waals surface area contributed by atoms with Crippen molar-refractivity contribution in [3.05, 3.63) is 88.2 Å². The Hall–Kier alpha value is -3.96. The Kier molecular flexibility index (Phi) is 9.78. The molecule has 0 unspecified atom stereocenters. The maximum absolute atomic E-state index is 14.9. The van der Waals surface area contributed by atoms with Crippen molar-refractivity contribution >= 4 is 5.97 Å². The minimum atomic E-state index is -0.913. The van der Waals surface area contributed by atoms with Gasteiger partial charge in [-0.2, -0.15) is 10.5 Å². The second-order valence-electron chi connectivity index (χ2n) is 8.89. The van der Waals surface area contributed by atoms with Gasteiger partial charge >= 0.3 is 5.97 Å². The van der Waals surface area contributed by atoms with Gasteiger partial charge in [-0.05, 0) is 66.1 Å². The number of hydrogen-bond acceptors (Lipinski definition) is 4. The molecule has 4 nitrogen and oxygen atoms in total. The fourth-order valence-electron chi connectivity index (χ4n) is 4.18. The Balaban J connectivity index is 1.77. The highest BCUT2D eigenvalue weighted by Crippen LogP contribution is 2.28.